The molecule has 20 heavy (non-hydrogen) atoms. The molecule has 2 aromatic rings. The number of hydrogen-bond acceptors (Lipinski definition) is 3. The van der Waals surface area contributed by atoms with Gasteiger partial charge >= 0.3 is 5.97 Å². The molecular weight excluding hydrogens is 254 g/mol. The Hall–Kier alpha value is -2.36. The van der Waals surface area contributed by atoms with Gasteiger partial charge < -0.3 is 9.72 Å². The van der Waals surface area contributed by atoms with E-state index in [9.17, 15) is 9.59 Å². The smallest absolute Gasteiger partial charge is 0.354 e. The van der Waals surface area contributed by atoms with Gasteiger partial charge in [0.05, 0.1) is 17.5 Å². The van der Waals surface area contributed by atoms with E-state index < -0.39 is 5.97 Å². The van der Waals surface area contributed by atoms with Crippen LogP contribution >= 0.6 is 0 Å². The first-order valence-electron chi connectivity index (χ1n) is 6.45. The summed E-state index contributed by atoms with van der Waals surface area (Å²) < 4.78 is 4.92. The van der Waals surface area contributed by atoms with Gasteiger partial charge in [-0.1, -0.05) is 24.3 Å². The highest BCUT2D eigenvalue weighted by Gasteiger charge is 2.14. The van der Waals surface area contributed by atoms with Crippen LogP contribution in [-0.4, -0.2) is 17.6 Å². The van der Waals surface area contributed by atoms with E-state index in [1.807, 2.05) is 26.0 Å². The number of carbonyl (C=O) groups is 1. The van der Waals surface area contributed by atoms with Crippen molar-refractivity contribution in [3.05, 3.63) is 51.8 Å². The van der Waals surface area contributed by atoms with Crippen molar-refractivity contribution in [2.75, 3.05) is 6.61 Å². The monoisotopic (exact) mass is 271 g/mol. The van der Waals surface area contributed by atoms with Gasteiger partial charge in [0.1, 0.15) is 5.69 Å². The number of pyridine rings is 1. The number of H-pyrrole nitrogens is 1. The third kappa shape index (κ3) is 2.37. The Morgan fingerprint density at radius 3 is 2.70 bits per heavy atom. The number of aryl methyl sites for hydroxylation is 1. The third-order valence-electron chi connectivity index (χ3n) is 3.15. The van der Waals surface area contributed by atoms with E-state index >= 15 is 0 Å². The fourth-order valence-corrected chi connectivity index (χ4v) is 2.17. The summed E-state index contributed by atoms with van der Waals surface area (Å²) in [6.07, 6.45) is 0. The molecular formula is C16H17NO3. The zero-order chi connectivity index (χ0) is 14.9. The molecule has 0 spiro atoms. The van der Waals surface area contributed by atoms with Crippen LogP contribution in [0.15, 0.2) is 29.6 Å². The SMILES string of the molecule is C=C(C)c1ccc(C)c2[nH]c(C(=O)OCC)cc(=O)c12. The fraction of sp³-hybridized carbons (Fsp3) is 0.250. The second-order valence-corrected chi connectivity index (χ2v) is 4.73. The molecule has 0 atom stereocenters. The van der Waals surface area contributed by atoms with E-state index in [1.54, 1.807) is 6.92 Å². The minimum atomic E-state index is -0.522. The maximum absolute atomic E-state index is 12.3. The largest absolute Gasteiger partial charge is 0.461 e. The number of nitrogens with one attached hydrogen (secondary N) is 1. The van der Waals surface area contributed by atoms with Crippen LogP contribution in [0.4, 0.5) is 0 Å². The summed E-state index contributed by atoms with van der Waals surface area (Å²) in [7, 11) is 0. The number of aromatic amines is 1. The Kier molecular flexibility index (Phi) is 3.74. The summed E-state index contributed by atoms with van der Waals surface area (Å²) >= 11 is 0. The summed E-state index contributed by atoms with van der Waals surface area (Å²) in [5.74, 6) is -0.522. The van der Waals surface area contributed by atoms with E-state index in [0.29, 0.717) is 10.9 Å². The molecule has 0 saturated heterocycles. The highest BCUT2D eigenvalue weighted by molar-refractivity contribution is 5.96. The van der Waals surface area contributed by atoms with Crippen LogP contribution in [0.25, 0.3) is 16.5 Å². The van der Waals surface area contributed by atoms with Crippen LogP contribution in [0.3, 0.4) is 0 Å². The van der Waals surface area contributed by atoms with Crippen molar-refractivity contribution >= 4 is 22.4 Å². The quantitative estimate of drug-likeness (QED) is 0.873. The molecule has 1 aromatic heterocycles. The summed E-state index contributed by atoms with van der Waals surface area (Å²) in [5.41, 5.74) is 3.12. The molecule has 1 aromatic carbocycles. The number of carbonyl (C=O) groups excluding carboxylic acids is 1. The van der Waals surface area contributed by atoms with Crippen LogP contribution in [0.2, 0.25) is 0 Å². The van der Waals surface area contributed by atoms with Gasteiger partial charge in [-0.3, -0.25) is 4.79 Å². The highest BCUT2D eigenvalue weighted by Crippen LogP contribution is 2.23. The maximum atomic E-state index is 12.3. The van der Waals surface area contributed by atoms with Gasteiger partial charge in [0.15, 0.2) is 5.43 Å². The minimum Gasteiger partial charge on any atom is -0.461 e. The summed E-state index contributed by atoms with van der Waals surface area (Å²) in [4.78, 5) is 27.1. The lowest BCUT2D eigenvalue weighted by Gasteiger charge is -2.10. The van der Waals surface area contributed by atoms with Crippen LogP contribution < -0.4 is 5.43 Å². The molecule has 0 aliphatic heterocycles. The number of allylic oxidation sites excluding steroid dienone is 1. The molecule has 0 saturated carbocycles. The van der Waals surface area contributed by atoms with Crippen LogP contribution in [-0.2, 0) is 4.74 Å². The van der Waals surface area contributed by atoms with Gasteiger partial charge in [0, 0.05) is 6.07 Å². The zero-order valence-electron chi connectivity index (χ0n) is 11.9. The Bertz CT molecular complexity index is 756. The standard InChI is InChI=1S/C16H17NO3/c1-5-20-16(19)12-8-13(18)14-11(9(2)3)7-6-10(4)15(14)17-12/h6-8H,2,5H2,1,3-4H3,(H,17,18). The van der Waals surface area contributed by atoms with E-state index in [0.717, 1.165) is 16.7 Å². The molecule has 0 unspecified atom stereocenters. The Labute approximate surface area is 117 Å². The zero-order valence-corrected chi connectivity index (χ0v) is 11.9. The predicted molar refractivity (Wildman–Crippen MR) is 80.0 cm³/mol. The van der Waals surface area contributed by atoms with Gasteiger partial charge in [-0.2, -0.15) is 0 Å². The normalized spacial score (nSPS) is 10.6. The van der Waals surface area contributed by atoms with Gasteiger partial charge in [0.2, 0.25) is 0 Å². The molecule has 0 aliphatic rings. The Morgan fingerprint density at radius 1 is 1.40 bits per heavy atom. The van der Waals surface area contributed by atoms with Crippen molar-refractivity contribution in [2.45, 2.75) is 20.8 Å². The summed E-state index contributed by atoms with van der Waals surface area (Å²) in [6.45, 7) is 9.61. The lowest BCUT2D eigenvalue weighted by molar-refractivity contribution is 0.0520. The van der Waals surface area contributed by atoms with Gasteiger partial charge in [-0.05, 0) is 31.9 Å². The first kappa shape index (κ1) is 14.1. The molecule has 2 rings (SSSR count). The second kappa shape index (κ2) is 5.33. The van der Waals surface area contributed by atoms with Gasteiger partial charge in [-0.15, -0.1) is 0 Å². The van der Waals surface area contributed by atoms with E-state index in [-0.39, 0.29) is 17.7 Å². The number of fused-ring (bicyclic) bond motifs is 1. The number of benzene rings is 1. The molecule has 0 bridgehead atoms. The van der Waals surface area contributed by atoms with E-state index in [4.69, 9.17) is 4.74 Å². The number of aromatic nitrogens is 1. The van der Waals surface area contributed by atoms with Crippen molar-refractivity contribution < 1.29 is 9.53 Å². The second-order valence-electron chi connectivity index (χ2n) is 4.73. The van der Waals surface area contributed by atoms with Crippen molar-refractivity contribution in [1.29, 1.82) is 0 Å². The van der Waals surface area contributed by atoms with Crippen LogP contribution in [0, 0.1) is 6.92 Å². The van der Waals surface area contributed by atoms with Gasteiger partial charge in [-0.25, -0.2) is 4.79 Å². The van der Waals surface area contributed by atoms with E-state index in [1.165, 1.54) is 6.07 Å². The number of rotatable bonds is 3. The van der Waals surface area contributed by atoms with Crippen molar-refractivity contribution in [3.63, 3.8) is 0 Å². The average Bonchev–Trinajstić information content (AvgIpc) is 2.39. The maximum Gasteiger partial charge on any atom is 0.354 e. The van der Waals surface area contributed by atoms with Gasteiger partial charge in [0.25, 0.3) is 0 Å². The lowest BCUT2D eigenvalue weighted by atomic mass is 9.99. The summed E-state index contributed by atoms with van der Waals surface area (Å²) in [5, 5.41) is 0.561. The molecule has 1 heterocycles. The third-order valence-corrected chi connectivity index (χ3v) is 3.15. The lowest BCUT2D eigenvalue weighted by Crippen LogP contribution is -2.14. The van der Waals surface area contributed by atoms with E-state index in [2.05, 4.69) is 11.6 Å². The van der Waals surface area contributed by atoms with Crippen molar-refractivity contribution in [2.24, 2.45) is 0 Å². The van der Waals surface area contributed by atoms with Crippen LogP contribution in [0.1, 0.15) is 35.5 Å². The number of hydrogen-bond donors (Lipinski definition) is 1. The number of ether oxygens (including phenoxy) is 1. The fourth-order valence-electron chi connectivity index (χ4n) is 2.17. The topological polar surface area (TPSA) is 59.2 Å². The molecule has 0 radical (unpaired) electrons. The molecule has 0 fully saturated rings. The molecule has 104 valence electrons. The average molecular weight is 271 g/mol. The number of esters is 1. The first-order chi connectivity index (χ1) is 9.45. The van der Waals surface area contributed by atoms with Crippen molar-refractivity contribution in [1.82, 2.24) is 4.98 Å². The molecule has 4 nitrogen and oxygen atoms in total. The first-order valence-corrected chi connectivity index (χ1v) is 6.45. The minimum absolute atomic E-state index is 0.173. The Morgan fingerprint density at radius 2 is 2.10 bits per heavy atom. The predicted octanol–water partition coefficient (Wildman–Crippen LogP) is 3.05. The molecule has 0 amide bonds. The molecule has 0 aliphatic carbocycles. The summed E-state index contributed by atoms with van der Waals surface area (Å²) in [6, 6.07) is 5.06. The molecule has 4 heteroatoms. The molecule has 1 N–H and O–H groups in total. The van der Waals surface area contributed by atoms with Crippen molar-refractivity contribution in [3.8, 4) is 0 Å². The van der Waals surface area contributed by atoms with Crippen LogP contribution in [0.5, 0.6) is 0 Å². The highest BCUT2D eigenvalue weighted by atomic mass is 16.5. The Balaban J connectivity index is 2.79.